The van der Waals surface area contributed by atoms with Crippen molar-refractivity contribution in [1.82, 2.24) is 5.32 Å². The monoisotopic (exact) mass is 145 g/mol. The zero-order chi connectivity index (χ0) is 7.98. The first-order valence-electron chi connectivity index (χ1n) is 4.17. The second-order valence-corrected chi connectivity index (χ2v) is 2.55. The van der Waals surface area contributed by atoms with Gasteiger partial charge < -0.3 is 10.4 Å². The summed E-state index contributed by atoms with van der Waals surface area (Å²) < 4.78 is 0. The molecular weight excluding hydrogens is 126 g/mol. The molecule has 0 rings (SSSR count). The average Bonchev–Trinajstić information content (AvgIpc) is 1.99. The summed E-state index contributed by atoms with van der Waals surface area (Å²) in [5.41, 5.74) is 0. The Hall–Kier alpha value is -0.0800. The molecule has 0 radical (unpaired) electrons. The van der Waals surface area contributed by atoms with E-state index in [2.05, 4.69) is 19.2 Å². The first-order valence-corrected chi connectivity index (χ1v) is 4.17. The summed E-state index contributed by atoms with van der Waals surface area (Å²) in [4.78, 5) is 0. The molecule has 0 aliphatic heterocycles. The van der Waals surface area contributed by atoms with E-state index in [0.29, 0.717) is 0 Å². The molecule has 0 aromatic carbocycles. The van der Waals surface area contributed by atoms with Crippen LogP contribution in [0.3, 0.4) is 0 Å². The van der Waals surface area contributed by atoms with E-state index in [9.17, 15) is 5.11 Å². The third kappa shape index (κ3) is 3.18. The SMILES string of the molecule is CCNC(CC)C(O)CC. The first kappa shape index (κ1) is 9.92. The van der Waals surface area contributed by atoms with Crippen LogP contribution in [0, 0.1) is 0 Å². The van der Waals surface area contributed by atoms with Crippen molar-refractivity contribution in [3.8, 4) is 0 Å². The molecular formula is C8H19NO. The van der Waals surface area contributed by atoms with Crippen molar-refractivity contribution in [2.24, 2.45) is 0 Å². The maximum absolute atomic E-state index is 9.39. The maximum atomic E-state index is 9.39. The van der Waals surface area contributed by atoms with Crippen molar-refractivity contribution in [3.63, 3.8) is 0 Å². The van der Waals surface area contributed by atoms with Gasteiger partial charge in [-0.2, -0.15) is 0 Å². The van der Waals surface area contributed by atoms with Crippen LogP contribution in [0.15, 0.2) is 0 Å². The molecule has 0 heterocycles. The van der Waals surface area contributed by atoms with Gasteiger partial charge >= 0.3 is 0 Å². The molecule has 2 N–H and O–H groups in total. The van der Waals surface area contributed by atoms with Gasteiger partial charge in [0.15, 0.2) is 0 Å². The van der Waals surface area contributed by atoms with E-state index in [1.165, 1.54) is 0 Å². The summed E-state index contributed by atoms with van der Waals surface area (Å²) in [5.74, 6) is 0. The Balaban J connectivity index is 3.56. The van der Waals surface area contributed by atoms with Crippen LogP contribution < -0.4 is 5.32 Å². The van der Waals surface area contributed by atoms with E-state index >= 15 is 0 Å². The molecule has 0 saturated heterocycles. The topological polar surface area (TPSA) is 32.3 Å². The molecule has 0 spiro atoms. The summed E-state index contributed by atoms with van der Waals surface area (Å²) >= 11 is 0. The molecule has 0 aromatic rings. The zero-order valence-electron chi connectivity index (χ0n) is 7.22. The van der Waals surface area contributed by atoms with Gasteiger partial charge in [0.25, 0.3) is 0 Å². The minimum absolute atomic E-state index is 0.176. The third-order valence-electron chi connectivity index (χ3n) is 1.79. The predicted octanol–water partition coefficient (Wildman–Crippen LogP) is 1.15. The van der Waals surface area contributed by atoms with Crippen molar-refractivity contribution in [2.75, 3.05) is 6.54 Å². The largest absolute Gasteiger partial charge is 0.392 e. The fraction of sp³-hybridized carbons (Fsp3) is 1.00. The Bertz CT molecular complexity index is 75.7. The van der Waals surface area contributed by atoms with Gasteiger partial charge in [-0.1, -0.05) is 20.8 Å². The molecule has 2 atom stereocenters. The lowest BCUT2D eigenvalue weighted by atomic mass is 10.1. The number of aliphatic hydroxyl groups is 1. The standard InChI is InChI=1S/C8H19NO/c1-4-7(9-6-3)8(10)5-2/h7-10H,4-6H2,1-3H3. The predicted molar refractivity (Wildman–Crippen MR) is 44.1 cm³/mol. The van der Waals surface area contributed by atoms with Crippen LogP contribution in [0.5, 0.6) is 0 Å². The van der Waals surface area contributed by atoms with Gasteiger partial charge in [-0.25, -0.2) is 0 Å². The van der Waals surface area contributed by atoms with Crippen LogP contribution in [0.25, 0.3) is 0 Å². The Morgan fingerprint density at radius 1 is 1.20 bits per heavy atom. The Labute approximate surface area is 63.6 Å². The average molecular weight is 145 g/mol. The molecule has 0 aromatic heterocycles. The lowest BCUT2D eigenvalue weighted by Gasteiger charge is -2.20. The van der Waals surface area contributed by atoms with Crippen LogP contribution in [0.4, 0.5) is 0 Å². The molecule has 0 bridgehead atoms. The lowest BCUT2D eigenvalue weighted by molar-refractivity contribution is 0.122. The molecule has 62 valence electrons. The highest BCUT2D eigenvalue weighted by Crippen LogP contribution is 2.01. The quantitative estimate of drug-likeness (QED) is 0.608. The lowest BCUT2D eigenvalue weighted by Crippen LogP contribution is -2.38. The summed E-state index contributed by atoms with van der Waals surface area (Å²) in [5, 5.41) is 12.6. The van der Waals surface area contributed by atoms with Gasteiger partial charge in [-0.15, -0.1) is 0 Å². The molecule has 0 aliphatic rings. The van der Waals surface area contributed by atoms with E-state index in [1.54, 1.807) is 0 Å². The van der Waals surface area contributed by atoms with E-state index in [0.717, 1.165) is 19.4 Å². The Kier molecular flexibility index (Phi) is 5.64. The second-order valence-electron chi connectivity index (χ2n) is 2.55. The molecule has 2 nitrogen and oxygen atoms in total. The summed E-state index contributed by atoms with van der Waals surface area (Å²) in [6.45, 7) is 7.09. The van der Waals surface area contributed by atoms with Crippen LogP contribution >= 0.6 is 0 Å². The van der Waals surface area contributed by atoms with E-state index < -0.39 is 0 Å². The van der Waals surface area contributed by atoms with Crippen molar-refractivity contribution >= 4 is 0 Å². The van der Waals surface area contributed by atoms with Crippen LogP contribution in [-0.4, -0.2) is 23.8 Å². The molecule has 0 fully saturated rings. The zero-order valence-corrected chi connectivity index (χ0v) is 7.22. The van der Waals surface area contributed by atoms with E-state index in [4.69, 9.17) is 0 Å². The molecule has 0 saturated carbocycles. The highest BCUT2D eigenvalue weighted by atomic mass is 16.3. The highest BCUT2D eigenvalue weighted by molar-refractivity contribution is 4.71. The van der Waals surface area contributed by atoms with Crippen LogP contribution in [0.2, 0.25) is 0 Å². The van der Waals surface area contributed by atoms with Crippen molar-refractivity contribution in [1.29, 1.82) is 0 Å². The van der Waals surface area contributed by atoms with Gasteiger partial charge in [0, 0.05) is 6.04 Å². The van der Waals surface area contributed by atoms with Gasteiger partial charge in [-0.05, 0) is 19.4 Å². The van der Waals surface area contributed by atoms with Gasteiger partial charge in [0.05, 0.1) is 6.10 Å². The number of likely N-dealkylation sites (N-methyl/N-ethyl adjacent to an activating group) is 1. The van der Waals surface area contributed by atoms with E-state index in [-0.39, 0.29) is 12.1 Å². The van der Waals surface area contributed by atoms with Crippen molar-refractivity contribution in [2.45, 2.75) is 45.8 Å². The first-order chi connectivity index (χ1) is 4.76. The number of nitrogens with one attached hydrogen (secondary N) is 1. The Morgan fingerprint density at radius 2 is 1.80 bits per heavy atom. The number of hydrogen-bond acceptors (Lipinski definition) is 2. The minimum Gasteiger partial charge on any atom is -0.392 e. The fourth-order valence-corrected chi connectivity index (χ4v) is 1.10. The van der Waals surface area contributed by atoms with Crippen LogP contribution in [0.1, 0.15) is 33.6 Å². The van der Waals surface area contributed by atoms with E-state index in [1.807, 2.05) is 6.92 Å². The van der Waals surface area contributed by atoms with Gasteiger partial charge in [0.1, 0.15) is 0 Å². The molecule has 0 aliphatic carbocycles. The Morgan fingerprint density at radius 3 is 2.10 bits per heavy atom. The normalized spacial score (nSPS) is 16.8. The van der Waals surface area contributed by atoms with Gasteiger partial charge in [-0.3, -0.25) is 0 Å². The van der Waals surface area contributed by atoms with Crippen molar-refractivity contribution < 1.29 is 5.11 Å². The third-order valence-corrected chi connectivity index (χ3v) is 1.79. The van der Waals surface area contributed by atoms with Crippen molar-refractivity contribution in [3.05, 3.63) is 0 Å². The molecule has 0 amide bonds. The number of hydrogen-bond donors (Lipinski definition) is 2. The maximum Gasteiger partial charge on any atom is 0.0690 e. The molecule has 2 unspecified atom stereocenters. The summed E-state index contributed by atoms with van der Waals surface area (Å²) in [6.07, 6.45) is 1.67. The summed E-state index contributed by atoms with van der Waals surface area (Å²) in [6, 6.07) is 0.287. The summed E-state index contributed by atoms with van der Waals surface area (Å²) in [7, 11) is 0. The number of aliphatic hydroxyl groups excluding tert-OH is 1. The second kappa shape index (κ2) is 5.69. The molecule has 2 heteroatoms. The van der Waals surface area contributed by atoms with Gasteiger partial charge in [0.2, 0.25) is 0 Å². The number of rotatable bonds is 5. The fourth-order valence-electron chi connectivity index (χ4n) is 1.10. The smallest absolute Gasteiger partial charge is 0.0690 e. The van der Waals surface area contributed by atoms with Crippen LogP contribution in [-0.2, 0) is 0 Å². The highest BCUT2D eigenvalue weighted by Gasteiger charge is 2.12. The minimum atomic E-state index is -0.176. The molecule has 10 heavy (non-hydrogen) atoms.